The van der Waals surface area contributed by atoms with Crippen molar-refractivity contribution in [1.82, 2.24) is 9.36 Å². The molecule has 1 unspecified atom stereocenters. The summed E-state index contributed by atoms with van der Waals surface area (Å²) in [6.45, 7) is 3.81. The summed E-state index contributed by atoms with van der Waals surface area (Å²) in [6.07, 6.45) is 0.791. The Labute approximate surface area is 90.6 Å². The van der Waals surface area contributed by atoms with E-state index in [1.54, 1.807) is 0 Å². The van der Waals surface area contributed by atoms with E-state index in [0.717, 1.165) is 16.6 Å². The monoisotopic (exact) mass is 232 g/mol. The number of rotatable bonds is 4. The zero-order valence-electron chi connectivity index (χ0n) is 7.97. The molecule has 1 heterocycles. The van der Waals surface area contributed by atoms with Gasteiger partial charge in [0.2, 0.25) is 0 Å². The molecule has 1 aromatic heterocycles. The average molecular weight is 232 g/mol. The highest BCUT2D eigenvalue weighted by molar-refractivity contribution is 8.02. The van der Waals surface area contributed by atoms with E-state index < -0.39 is 0 Å². The lowest BCUT2D eigenvalue weighted by Gasteiger charge is -2.09. The Balaban J connectivity index is 2.66. The van der Waals surface area contributed by atoms with Gasteiger partial charge in [0, 0.05) is 0 Å². The van der Waals surface area contributed by atoms with Gasteiger partial charge in [-0.05, 0) is 24.9 Å². The van der Waals surface area contributed by atoms with Crippen molar-refractivity contribution < 1.29 is 5.21 Å². The van der Waals surface area contributed by atoms with Crippen molar-refractivity contribution in [3.63, 3.8) is 0 Å². The number of oxime groups is 1. The van der Waals surface area contributed by atoms with E-state index in [1.165, 1.54) is 23.3 Å². The Morgan fingerprint density at radius 3 is 2.93 bits per heavy atom. The van der Waals surface area contributed by atoms with E-state index in [0.29, 0.717) is 0 Å². The van der Waals surface area contributed by atoms with Crippen LogP contribution in [0.5, 0.6) is 0 Å². The van der Waals surface area contributed by atoms with Gasteiger partial charge in [-0.1, -0.05) is 23.8 Å². The molecule has 0 fully saturated rings. The first-order valence-electron chi connectivity index (χ1n) is 4.11. The third-order valence-corrected chi connectivity index (χ3v) is 3.84. The molecule has 1 atom stereocenters. The summed E-state index contributed by atoms with van der Waals surface area (Å²) >= 11 is 2.80. The van der Waals surface area contributed by atoms with E-state index in [1.807, 2.05) is 13.8 Å². The number of hydrogen-bond donors (Lipinski definition) is 2. The lowest BCUT2D eigenvalue weighted by Crippen LogP contribution is -2.25. The van der Waals surface area contributed by atoms with Gasteiger partial charge >= 0.3 is 0 Å². The number of aromatic nitrogens is 2. The van der Waals surface area contributed by atoms with Gasteiger partial charge in [0.15, 0.2) is 10.2 Å². The fourth-order valence-electron chi connectivity index (χ4n) is 0.865. The van der Waals surface area contributed by atoms with E-state index in [9.17, 15) is 0 Å². The normalized spacial score (nSPS) is 14.3. The molecule has 1 rings (SSSR count). The molecule has 0 saturated carbocycles. The summed E-state index contributed by atoms with van der Waals surface area (Å²) in [4.78, 5) is 4.19. The lowest BCUT2D eigenvalue weighted by molar-refractivity contribution is 0.317. The second-order valence-electron chi connectivity index (χ2n) is 2.65. The van der Waals surface area contributed by atoms with Crippen LogP contribution in [-0.2, 0) is 0 Å². The molecule has 14 heavy (non-hydrogen) atoms. The molecule has 0 aromatic carbocycles. The molecule has 0 bridgehead atoms. The van der Waals surface area contributed by atoms with Crippen LogP contribution in [0.25, 0.3) is 0 Å². The summed E-state index contributed by atoms with van der Waals surface area (Å²) in [7, 11) is 0. The largest absolute Gasteiger partial charge is 0.409 e. The highest BCUT2D eigenvalue weighted by Gasteiger charge is 2.15. The summed E-state index contributed by atoms with van der Waals surface area (Å²) in [5.41, 5.74) is 5.52. The number of thioether (sulfide) groups is 1. The van der Waals surface area contributed by atoms with Gasteiger partial charge in [0.1, 0.15) is 5.82 Å². The molecule has 0 radical (unpaired) electrons. The third-order valence-electron chi connectivity index (χ3n) is 1.57. The van der Waals surface area contributed by atoms with Crippen molar-refractivity contribution in [3.8, 4) is 0 Å². The van der Waals surface area contributed by atoms with Gasteiger partial charge in [0.05, 0.1) is 5.25 Å². The Bertz CT molecular complexity index is 325. The van der Waals surface area contributed by atoms with Crippen LogP contribution in [0, 0.1) is 6.92 Å². The maximum Gasteiger partial charge on any atom is 0.170 e. The highest BCUT2D eigenvalue weighted by Crippen LogP contribution is 2.26. The van der Waals surface area contributed by atoms with E-state index in [-0.39, 0.29) is 11.1 Å². The van der Waals surface area contributed by atoms with Gasteiger partial charge < -0.3 is 10.9 Å². The molecule has 7 heteroatoms. The number of nitrogens with two attached hydrogens (primary N) is 1. The van der Waals surface area contributed by atoms with Gasteiger partial charge in [-0.3, -0.25) is 0 Å². The minimum atomic E-state index is -0.0349. The van der Waals surface area contributed by atoms with Gasteiger partial charge in [-0.25, -0.2) is 4.98 Å². The zero-order chi connectivity index (χ0) is 10.6. The second-order valence-corrected chi connectivity index (χ2v) is 4.85. The molecule has 5 nitrogen and oxygen atoms in total. The first-order valence-corrected chi connectivity index (χ1v) is 5.77. The van der Waals surface area contributed by atoms with Crippen LogP contribution >= 0.6 is 23.3 Å². The zero-order valence-corrected chi connectivity index (χ0v) is 9.60. The van der Waals surface area contributed by atoms with Crippen LogP contribution in [0.15, 0.2) is 9.50 Å². The minimum absolute atomic E-state index is 0.0349. The lowest BCUT2D eigenvalue weighted by atomic mass is 10.3. The number of amidine groups is 1. The molecular weight excluding hydrogens is 220 g/mol. The first kappa shape index (κ1) is 11.3. The van der Waals surface area contributed by atoms with Crippen molar-refractivity contribution in [1.29, 1.82) is 0 Å². The molecule has 0 saturated heterocycles. The number of hydrogen-bond acceptors (Lipinski definition) is 6. The van der Waals surface area contributed by atoms with Crippen LogP contribution in [0.1, 0.15) is 19.2 Å². The van der Waals surface area contributed by atoms with Crippen LogP contribution < -0.4 is 5.73 Å². The smallest absolute Gasteiger partial charge is 0.170 e. The molecule has 1 aromatic rings. The van der Waals surface area contributed by atoms with Gasteiger partial charge in [-0.15, -0.1) is 0 Å². The maximum absolute atomic E-state index is 8.54. The maximum atomic E-state index is 8.54. The topological polar surface area (TPSA) is 84.4 Å². The van der Waals surface area contributed by atoms with Crippen LogP contribution in [0.4, 0.5) is 0 Å². The third kappa shape index (κ3) is 2.85. The summed E-state index contributed by atoms with van der Waals surface area (Å²) in [5.74, 6) is 0.984. The molecule has 0 aliphatic heterocycles. The number of nitrogens with zero attached hydrogens (tertiary/aromatic N) is 3. The van der Waals surface area contributed by atoms with E-state index in [2.05, 4.69) is 14.5 Å². The SMILES string of the molecule is CCC(Sc1nc(C)ns1)C(N)=NO. The fraction of sp³-hybridized carbons (Fsp3) is 0.571. The first-order chi connectivity index (χ1) is 6.67. The Kier molecular flexibility index (Phi) is 4.15. The Hall–Kier alpha value is -0.820. The van der Waals surface area contributed by atoms with Crippen LogP contribution in [0.3, 0.4) is 0 Å². The summed E-state index contributed by atoms with van der Waals surface area (Å²) in [5, 5.41) is 11.5. The van der Waals surface area contributed by atoms with Gasteiger partial charge in [-0.2, -0.15) is 4.37 Å². The van der Waals surface area contributed by atoms with Crippen molar-refractivity contribution in [2.24, 2.45) is 10.9 Å². The van der Waals surface area contributed by atoms with E-state index in [4.69, 9.17) is 10.9 Å². The molecular formula is C7H12N4OS2. The van der Waals surface area contributed by atoms with Gasteiger partial charge in [0.25, 0.3) is 0 Å². The predicted molar refractivity (Wildman–Crippen MR) is 58.0 cm³/mol. The molecule has 0 aliphatic carbocycles. The standard InChI is InChI=1S/C7H12N4OS2/c1-3-5(6(8)10-12)13-7-9-4(2)11-14-7/h5,12H,3H2,1-2H3,(H2,8,10). The summed E-state index contributed by atoms with van der Waals surface area (Å²) < 4.78 is 4.90. The van der Waals surface area contributed by atoms with Crippen molar-refractivity contribution >= 4 is 29.1 Å². The van der Waals surface area contributed by atoms with Crippen molar-refractivity contribution in [2.75, 3.05) is 0 Å². The molecule has 0 aliphatic rings. The molecule has 3 N–H and O–H groups in total. The molecule has 0 amide bonds. The molecule has 0 spiro atoms. The van der Waals surface area contributed by atoms with Crippen LogP contribution in [-0.4, -0.2) is 25.7 Å². The summed E-state index contributed by atoms with van der Waals surface area (Å²) in [6, 6.07) is 0. The highest BCUT2D eigenvalue weighted by atomic mass is 32.2. The fourth-order valence-corrected chi connectivity index (χ4v) is 2.68. The second kappa shape index (κ2) is 5.16. The van der Waals surface area contributed by atoms with Crippen molar-refractivity contribution in [2.45, 2.75) is 29.9 Å². The van der Waals surface area contributed by atoms with Crippen molar-refractivity contribution in [3.05, 3.63) is 5.82 Å². The number of aryl methyl sites for hydroxylation is 1. The average Bonchev–Trinajstić information content (AvgIpc) is 2.59. The minimum Gasteiger partial charge on any atom is -0.409 e. The Morgan fingerprint density at radius 1 is 1.79 bits per heavy atom. The van der Waals surface area contributed by atoms with E-state index >= 15 is 0 Å². The molecule has 78 valence electrons. The van der Waals surface area contributed by atoms with Crippen LogP contribution in [0.2, 0.25) is 0 Å². The quantitative estimate of drug-likeness (QED) is 0.270. The predicted octanol–water partition coefficient (Wildman–Crippen LogP) is 1.46. The Morgan fingerprint density at radius 2 is 2.50 bits per heavy atom.